The lowest BCUT2D eigenvalue weighted by atomic mass is 9.95. The van der Waals surface area contributed by atoms with Gasteiger partial charge < -0.3 is 4.42 Å². The van der Waals surface area contributed by atoms with Crippen molar-refractivity contribution in [3.05, 3.63) is 51.0 Å². The molecule has 0 aliphatic carbocycles. The SMILES string of the molecule is Cc1cc(CNS(=O)(=O)c2c(C)c(C)c(C)c(C)c2C)c(C)o1. The first-order chi connectivity index (χ1) is 10.6. The first-order valence-electron chi connectivity index (χ1n) is 7.68. The number of sulfonamides is 1. The Kier molecular flexibility index (Phi) is 4.74. The molecular weight excluding hydrogens is 310 g/mol. The lowest BCUT2D eigenvalue weighted by Gasteiger charge is -2.19. The molecular formula is C18H25NO3S. The summed E-state index contributed by atoms with van der Waals surface area (Å²) in [6.07, 6.45) is 0. The van der Waals surface area contributed by atoms with Crippen molar-refractivity contribution in [3.8, 4) is 0 Å². The van der Waals surface area contributed by atoms with Crippen molar-refractivity contribution in [1.82, 2.24) is 4.72 Å². The van der Waals surface area contributed by atoms with E-state index in [2.05, 4.69) is 4.72 Å². The Morgan fingerprint density at radius 1 is 0.870 bits per heavy atom. The fourth-order valence-electron chi connectivity index (χ4n) is 2.97. The van der Waals surface area contributed by atoms with Gasteiger partial charge in [-0.1, -0.05) is 0 Å². The van der Waals surface area contributed by atoms with E-state index < -0.39 is 10.0 Å². The monoisotopic (exact) mass is 335 g/mol. The second-order valence-electron chi connectivity index (χ2n) is 6.22. The van der Waals surface area contributed by atoms with Crippen molar-refractivity contribution in [3.63, 3.8) is 0 Å². The number of hydrogen-bond donors (Lipinski definition) is 1. The maximum absolute atomic E-state index is 12.8. The van der Waals surface area contributed by atoms with Gasteiger partial charge in [0.2, 0.25) is 10.0 Å². The Morgan fingerprint density at radius 2 is 1.35 bits per heavy atom. The number of furan rings is 1. The fraction of sp³-hybridized carbons (Fsp3) is 0.444. The van der Waals surface area contributed by atoms with Crippen molar-refractivity contribution in [1.29, 1.82) is 0 Å². The van der Waals surface area contributed by atoms with Gasteiger partial charge >= 0.3 is 0 Å². The average molecular weight is 335 g/mol. The molecule has 4 nitrogen and oxygen atoms in total. The molecule has 126 valence electrons. The Morgan fingerprint density at radius 3 is 1.78 bits per heavy atom. The molecule has 1 heterocycles. The molecule has 5 heteroatoms. The topological polar surface area (TPSA) is 59.3 Å². The van der Waals surface area contributed by atoms with Crippen molar-refractivity contribution in [2.45, 2.75) is 59.9 Å². The van der Waals surface area contributed by atoms with Crippen LogP contribution < -0.4 is 4.72 Å². The van der Waals surface area contributed by atoms with Gasteiger partial charge in [-0.05, 0) is 82.3 Å². The summed E-state index contributed by atoms with van der Waals surface area (Å²) in [5.74, 6) is 1.53. The quantitative estimate of drug-likeness (QED) is 0.921. The third-order valence-corrected chi connectivity index (χ3v) is 6.47. The first kappa shape index (κ1) is 17.8. The maximum Gasteiger partial charge on any atom is 0.241 e. The van der Waals surface area contributed by atoms with E-state index in [1.807, 2.05) is 54.5 Å². The second kappa shape index (κ2) is 6.13. The van der Waals surface area contributed by atoms with Crippen LogP contribution in [0.1, 0.15) is 44.9 Å². The van der Waals surface area contributed by atoms with E-state index >= 15 is 0 Å². The minimum Gasteiger partial charge on any atom is -0.466 e. The van der Waals surface area contributed by atoms with Gasteiger partial charge in [-0.15, -0.1) is 0 Å². The molecule has 1 aromatic heterocycles. The third-order valence-electron chi connectivity index (χ3n) is 4.80. The highest BCUT2D eigenvalue weighted by Gasteiger charge is 2.23. The Balaban J connectivity index is 2.43. The zero-order valence-corrected chi connectivity index (χ0v) is 15.7. The van der Waals surface area contributed by atoms with Crippen LogP contribution in [0, 0.1) is 48.5 Å². The van der Waals surface area contributed by atoms with Crippen LogP contribution in [-0.4, -0.2) is 8.42 Å². The van der Waals surface area contributed by atoms with Gasteiger partial charge in [0, 0.05) is 12.1 Å². The molecule has 0 aliphatic rings. The summed E-state index contributed by atoms with van der Waals surface area (Å²) in [6.45, 7) is 13.6. The van der Waals surface area contributed by atoms with E-state index in [0.717, 1.165) is 44.9 Å². The minimum absolute atomic E-state index is 0.232. The van der Waals surface area contributed by atoms with Gasteiger partial charge in [0.05, 0.1) is 4.90 Å². The van der Waals surface area contributed by atoms with Crippen LogP contribution in [-0.2, 0) is 16.6 Å². The van der Waals surface area contributed by atoms with Gasteiger partial charge in [0.15, 0.2) is 0 Å². The molecule has 1 N–H and O–H groups in total. The molecule has 0 spiro atoms. The van der Waals surface area contributed by atoms with E-state index in [1.165, 1.54) is 0 Å². The summed E-state index contributed by atoms with van der Waals surface area (Å²) in [5, 5.41) is 0. The Bertz CT molecular complexity index is 832. The van der Waals surface area contributed by atoms with E-state index in [-0.39, 0.29) is 6.54 Å². The number of aryl methyl sites for hydroxylation is 2. The first-order valence-corrected chi connectivity index (χ1v) is 9.17. The van der Waals surface area contributed by atoms with Gasteiger partial charge in [-0.3, -0.25) is 0 Å². The van der Waals surface area contributed by atoms with E-state index in [4.69, 9.17) is 4.42 Å². The molecule has 0 atom stereocenters. The summed E-state index contributed by atoms with van der Waals surface area (Å²) in [5.41, 5.74) is 5.71. The van der Waals surface area contributed by atoms with Crippen molar-refractivity contribution < 1.29 is 12.8 Å². The number of benzene rings is 1. The van der Waals surface area contributed by atoms with Gasteiger partial charge in [0.1, 0.15) is 11.5 Å². The van der Waals surface area contributed by atoms with Gasteiger partial charge in [-0.25, -0.2) is 13.1 Å². The molecule has 0 fully saturated rings. The highest BCUT2D eigenvalue weighted by Crippen LogP contribution is 2.29. The van der Waals surface area contributed by atoms with Crippen molar-refractivity contribution in [2.24, 2.45) is 0 Å². The third kappa shape index (κ3) is 3.21. The molecule has 1 aromatic carbocycles. The van der Waals surface area contributed by atoms with Crippen LogP contribution in [0.25, 0.3) is 0 Å². The minimum atomic E-state index is -3.58. The summed E-state index contributed by atoms with van der Waals surface area (Å²) >= 11 is 0. The number of hydrogen-bond acceptors (Lipinski definition) is 3. The number of nitrogens with one attached hydrogen (secondary N) is 1. The summed E-state index contributed by atoms with van der Waals surface area (Å²) < 4.78 is 33.8. The van der Waals surface area contributed by atoms with E-state index in [9.17, 15) is 8.42 Å². The molecule has 2 rings (SSSR count). The van der Waals surface area contributed by atoms with Crippen LogP contribution >= 0.6 is 0 Å². The maximum atomic E-state index is 12.8. The lowest BCUT2D eigenvalue weighted by molar-refractivity contribution is 0.500. The fourth-order valence-corrected chi connectivity index (χ4v) is 4.57. The van der Waals surface area contributed by atoms with Gasteiger partial charge in [-0.2, -0.15) is 0 Å². The second-order valence-corrected chi connectivity index (χ2v) is 7.92. The smallest absolute Gasteiger partial charge is 0.241 e. The molecule has 0 bridgehead atoms. The molecule has 2 aromatic rings. The number of rotatable bonds is 4. The Labute approximate surface area is 139 Å². The van der Waals surface area contributed by atoms with Crippen LogP contribution in [0.5, 0.6) is 0 Å². The summed E-state index contributed by atoms with van der Waals surface area (Å²) in [7, 11) is -3.58. The molecule has 0 radical (unpaired) electrons. The highest BCUT2D eigenvalue weighted by molar-refractivity contribution is 7.89. The van der Waals surface area contributed by atoms with Crippen LogP contribution in [0.2, 0.25) is 0 Å². The average Bonchev–Trinajstić information content (AvgIpc) is 2.79. The zero-order chi connectivity index (χ0) is 17.5. The standard InChI is InChI=1S/C18H25NO3S/c1-10-8-17(16(7)22-10)9-19-23(20,21)18-14(5)12(3)11(2)13(4)15(18)6/h8,19H,9H2,1-7H3. The largest absolute Gasteiger partial charge is 0.466 e. The van der Waals surface area contributed by atoms with Crippen molar-refractivity contribution in [2.75, 3.05) is 0 Å². The predicted octanol–water partition coefficient (Wildman–Crippen LogP) is 3.92. The van der Waals surface area contributed by atoms with Gasteiger partial charge in [0.25, 0.3) is 0 Å². The molecule has 0 saturated heterocycles. The van der Waals surface area contributed by atoms with Crippen LogP contribution in [0.15, 0.2) is 15.4 Å². The van der Waals surface area contributed by atoms with E-state index in [0.29, 0.717) is 4.90 Å². The molecule has 0 unspecified atom stereocenters. The molecule has 23 heavy (non-hydrogen) atoms. The highest BCUT2D eigenvalue weighted by atomic mass is 32.2. The molecule has 0 saturated carbocycles. The van der Waals surface area contributed by atoms with E-state index in [1.54, 1.807) is 0 Å². The lowest BCUT2D eigenvalue weighted by Crippen LogP contribution is -2.25. The normalized spacial score (nSPS) is 12.0. The molecule has 0 amide bonds. The molecule has 0 aliphatic heterocycles. The van der Waals surface area contributed by atoms with Crippen molar-refractivity contribution >= 4 is 10.0 Å². The Hall–Kier alpha value is -1.59. The summed E-state index contributed by atoms with van der Waals surface area (Å²) in [4.78, 5) is 0.399. The summed E-state index contributed by atoms with van der Waals surface area (Å²) in [6, 6.07) is 1.86. The zero-order valence-electron chi connectivity index (χ0n) is 14.9. The predicted molar refractivity (Wildman–Crippen MR) is 92.3 cm³/mol. The van der Waals surface area contributed by atoms with Crippen LogP contribution in [0.4, 0.5) is 0 Å². The van der Waals surface area contributed by atoms with Crippen LogP contribution in [0.3, 0.4) is 0 Å².